The van der Waals surface area contributed by atoms with Crippen molar-refractivity contribution < 1.29 is 0 Å². The minimum atomic E-state index is 0.627. The van der Waals surface area contributed by atoms with Crippen LogP contribution in [0.4, 0.5) is 0 Å². The molecule has 94 valence electrons. The topological polar surface area (TPSA) is 15.3 Å². The summed E-state index contributed by atoms with van der Waals surface area (Å²) >= 11 is 6.29. The highest BCUT2D eigenvalue weighted by Gasteiger charge is 2.17. The van der Waals surface area contributed by atoms with Crippen molar-refractivity contribution in [2.24, 2.45) is 0 Å². The lowest BCUT2D eigenvalue weighted by Crippen LogP contribution is -2.33. The molecule has 1 aromatic rings. The Balaban J connectivity index is 2.08. The van der Waals surface area contributed by atoms with E-state index in [1.54, 1.807) is 0 Å². The summed E-state index contributed by atoms with van der Waals surface area (Å²) in [5.74, 6) is 0. The van der Waals surface area contributed by atoms with Gasteiger partial charge >= 0.3 is 0 Å². The van der Waals surface area contributed by atoms with E-state index in [-0.39, 0.29) is 0 Å². The second-order valence-corrected chi connectivity index (χ2v) is 5.36. The molecule has 2 nitrogen and oxygen atoms in total. The van der Waals surface area contributed by atoms with Crippen molar-refractivity contribution in [1.82, 2.24) is 10.2 Å². The van der Waals surface area contributed by atoms with Crippen molar-refractivity contribution in [2.75, 3.05) is 19.6 Å². The van der Waals surface area contributed by atoms with Gasteiger partial charge in [0.1, 0.15) is 0 Å². The van der Waals surface area contributed by atoms with E-state index in [1.165, 1.54) is 17.5 Å². The first-order chi connectivity index (χ1) is 8.16. The monoisotopic (exact) mass is 252 g/mol. The van der Waals surface area contributed by atoms with Crippen LogP contribution in [0, 0.1) is 6.92 Å². The molecule has 0 radical (unpaired) electrons. The Morgan fingerprint density at radius 3 is 3.00 bits per heavy atom. The third-order valence-electron chi connectivity index (χ3n) is 3.52. The molecule has 0 spiro atoms. The van der Waals surface area contributed by atoms with Gasteiger partial charge in [-0.3, -0.25) is 4.90 Å². The van der Waals surface area contributed by atoms with Gasteiger partial charge in [-0.15, -0.1) is 0 Å². The number of benzene rings is 1. The lowest BCUT2D eigenvalue weighted by atomic mass is 10.1. The Morgan fingerprint density at radius 1 is 1.41 bits per heavy atom. The molecule has 0 aliphatic carbocycles. The molecule has 17 heavy (non-hydrogen) atoms. The highest BCUT2D eigenvalue weighted by atomic mass is 35.5. The van der Waals surface area contributed by atoms with E-state index in [4.69, 9.17) is 11.6 Å². The van der Waals surface area contributed by atoms with E-state index in [1.807, 2.05) is 0 Å². The highest BCUT2D eigenvalue weighted by Crippen LogP contribution is 2.21. The molecule has 0 amide bonds. The molecule has 2 rings (SSSR count). The van der Waals surface area contributed by atoms with Crippen molar-refractivity contribution >= 4 is 11.6 Å². The van der Waals surface area contributed by atoms with E-state index in [0.29, 0.717) is 6.04 Å². The fraction of sp³-hybridized carbons (Fsp3) is 0.571. The zero-order valence-corrected chi connectivity index (χ0v) is 11.4. The summed E-state index contributed by atoms with van der Waals surface area (Å²) in [6.45, 7) is 8.64. The van der Waals surface area contributed by atoms with Crippen molar-refractivity contribution in [2.45, 2.75) is 32.9 Å². The molecule has 3 heteroatoms. The summed E-state index contributed by atoms with van der Waals surface area (Å²) in [5.41, 5.74) is 2.47. The van der Waals surface area contributed by atoms with E-state index in [9.17, 15) is 0 Å². The zero-order valence-electron chi connectivity index (χ0n) is 10.7. The van der Waals surface area contributed by atoms with Gasteiger partial charge in [-0.25, -0.2) is 0 Å². The van der Waals surface area contributed by atoms with Crippen LogP contribution in [0.25, 0.3) is 0 Å². The lowest BCUT2D eigenvalue weighted by Gasteiger charge is -2.26. The van der Waals surface area contributed by atoms with Gasteiger partial charge in [-0.05, 0) is 44.0 Å². The Bertz CT molecular complexity index is 378. The van der Waals surface area contributed by atoms with Gasteiger partial charge in [-0.2, -0.15) is 0 Å². The van der Waals surface area contributed by atoms with E-state index >= 15 is 0 Å². The van der Waals surface area contributed by atoms with Crippen LogP contribution in [0.5, 0.6) is 0 Å². The SMILES string of the molecule is Cc1ccc(CN2CCNCCC2C)c(Cl)c1. The molecule has 1 heterocycles. The van der Waals surface area contributed by atoms with Gasteiger partial charge in [0.2, 0.25) is 0 Å². The molecular formula is C14H21ClN2. The first-order valence-corrected chi connectivity index (χ1v) is 6.74. The normalized spacial score (nSPS) is 22.4. The average Bonchev–Trinajstić information content (AvgIpc) is 2.48. The quantitative estimate of drug-likeness (QED) is 0.871. The predicted octanol–water partition coefficient (Wildman–Crippen LogP) is 2.83. The fourth-order valence-electron chi connectivity index (χ4n) is 2.30. The van der Waals surface area contributed by atoms with E-state index < -0.39 is 0 Å². The molecule has 1 aliphatic rings. The minimum absolute atomic E-state index is 0.627. The second kappa shape index (κ2) is 5.85. The van der Waals surface area contributed by atoms with Crippen LogP contribution in [-0.2, 0) is 6.54 Å². The first kappa shape index (κ1) is 12.9. The summed E-state index contributed by atoms with van der Waals surface area (Å²) < 4.78 is 0. The third kappa shape index (κ3) is 3.44. The van der Waals surface area contributed by atoms with Crippen molar-refractivity contribution in [1.29, 1.82) is 0 Å². The number of hydrogen-bond donors (Lipinski definition) is 1. The van der Waals surface area contributed by atoms with Gasteiger partial charge in [0.05, 0.1) is 0 Å². The summed E-state index contributed by atoms with van der Waals surface area (Å²) in [6.07, 6.45) is 1.21. The van der Waals surface area contributed by atoms with Gasteiger partial charge < -0.3 is 5.32 Å². The van der Waals surface area contributed by atoms with Crippen LogP contribution < -0.4 is 5.32 Å². The van der Waals surface area contributed by atoms with Crippen molar-refractivity contribution in [3.63, 3.8) is 0 Å². The molecule has 1 atom stereocenters. The Kier molecular flexibility index (Phi) is 4.43. The number of hydrogen-bond acceptors (Lipinski definition) is 2. The summed E-state index contributed by atoms with van der Waals surface area (Å²) in [6, 6.07) is 6.98. The largest absolute Gasteiger partial charge is 0.315 e. The molecule has 0 aromatic heterocycles. The van der Waals surface area contributed by atoms with E-state index in [2.05, 4.69) is 42.3 Å². The highest BCUT2D eigenvalue weighted by molar-refractivity contribution is 6.31. The molecule has 0 saturated carbocycles. The number of rotatable bonds is 2. The van der Waals surface area contributed by atoms with Gasteiger partial charge in [-0.1, -0.05) is 23.7 Å². The first-order valence-electron chi connectivity index (χ1n) is 6.36. The molecule has 1 unspecified atom stereocenters. The fourth-order valence-corrected chi connectivity index (χ4v) is 2.59. The van der Waals surface area contributed by atoms with Gasteiger partial charge in [0.15, 0.2) is 0 Å². The zero-order chi connectivity index (χ0) is 12.3. The third-order valence-corrected chi connectivity index (χ3v) is 3.87. The van der Waals surface area contributed by atoms with Crippen LogP contribution in [-0.4, -0.2) is 30.6 Å². The molecule has 0 bridgehead atoms. The van der Waals surface area contributed by atoms with Crippen molar-refractivity contribution in [3.05, 3.63) is 34.3 Å². The molecule has 1 fully saturated rings. The molecule has 1 aliphatic heterocycles. The summed E-state index contributed by atoms with van der Waals surface area (Å²) in [4.78, 5) is 2.51. The van der Waals surface area contributed by atoms with Crippen LogP contribution in [0.15, 0.2) is 18.2 Å². The minimum Gasteiger partial charge on any atom is -0.315 e. The summed E-state index contributed by atoms with van der Waals surface area (Å²) in [5, 5.41) is 4.34. The van der Waals surface area contributed by atoms with Gasteiger partial charge in [0.25, 0.3) is 0 Å². The Labute approximate surface area is 109 Å². The number of nitrogens with one attached hydrogen (secondary N) is 1. The predicted molar refractivity (Wildman–Crippen MR) is 73.5 cm³/mol. The average molecular weight is 253 g/mol. The van der Waals surface area contributed by atoms with Crippen LogP contribution in [0.1, 0.15) is 24.5 Å². The molecule has 1 N–H and O–H groups in total. The maximum atomic E-state index is 6.29. The van der Waals surface area contributed by atoms with Crippen LogP contribution in [0.2, 0.25) is 5.02 Å². The molecular weight excluding hydrogens is 232 g/mol. The second-order valence-electron chi connectivity index (χ2n) is 4.95. The number of aryl methyl sites for hydroxylation is 1. The smallest absolute Gasteiger partial charge is 0.0453 e. The number of nitrogens with zero attached hydrogens (tertiary/aromatic N) is 1. The standard InChI is InChI=1S/C14H21ClN2/c1-11-3-4-13(14(15)9-11)10-17-8-7-16-6-5-12(17)2/h3-4,9,12,16H,5-8,10H2,1-2H3. The Morgan fingerprint density at radius 2 is 2.24 bits per heavy atom. The Hall–Kier alpha value is -0.570. The van der Waals surface area contributed by atoms with E-state index in [0.717, 1.165) is 31.2 Å². The van der Waals surface area contributed by atoms with Crippen molar-refractivity contribution in [3.8, 4) is 0 Å². The molecule has 1 aromatic carbocycles. The summed E-state index contributed by atoms with van der Waals surface area (Å²) in [7, 11) is 0. The maximum absolute atomic E-state index is 6.29. The maximum Gasteiger partial charge on any atom is 0.0453 e. The van der Waals surface area contributed by atoms with Crippen LogP contribution in [0.3, 0.4) is 0 Å². The lowest BCUT2D eigenvalue weighted by molar-refractivity contribution is 0.211. The molecule has 1 saturated heterocycles. The number of halogens is 1. The van der Waals surface area contributed by atoms with Gasteiger partial charge in [0, 0.05) is 30.7 Å². The van der Waals surface area contributed by atoms with Crippen LogP contribution >= 0.6 is 11.6 Å².